The molecule has 7 aromatic rings. The van der Waals surface area contributed by atoms with Gasteiger partial charge < -0.3 is 10.2 Å². The van der Waals surface area contributed by atoms with Crippen molar-refractivity contribution in [2.24, 2.45) is 0 Å². The van der Waals surface area contributed by atoms with Gasteiger partial charge in [0.2, 0.25) is 0 Å². The second-order valence-corrected chi connectivity index (χ2v) is 12.4. The fraction of sp³-hybridized carbons (Fsp3) is 0. The fourth-order valence-corrected chi connectivity index (χ4v) is 6.60. The lowest BCUT2D eigenvalue weighted by molar-refractivity contribution is 1.27. The number of nitrogens with zero attached hydrogens (tertiary/aromatic N) is 1. The molecule has 1 aliphatic rings. The van der Waals surface area contributed by atoms with Crippen LogP contribution in [-0.4, -0.2) is 0 Å². The average molecular weight is 641 g/mol. The van der Waals surface area contributed by atoms with E-state index in [-0.39, 0.29) is 0 Å². The minimum Gasteiger partial charge on any atom is -0.355 e. The highest BCUT2D eigenvalue weighted by Gasteiger charge is 2.16. The summed E-state index contributed by atoms with van der Waals surface area (Å²) >= 11 is 0. The van der Waals surface area contributed by atoms with Crippen LogP contribution in [0.5, 0.6) is 0 Å². The van der Waals surface area contributed by atoms with E-state index in [9.17, 15) is 0 Å². The third-order valence-electron chi connectivity index (χ3n) is 9.18. The van der Waals surface area contributed by atoms with Crippen molar-refractivity contribution in [1.82, 2.24) is 0 Å². The number of rotatable bonds is 7. The van der Waals surface area contributed by atoms with Gasteiger partial charge in [0.05, 0.1) is 5.69 Å². The molecule has 0 spiro atoms. The van der Waals surface area contributed by atoms with E-state index in [4.69, 9.17) is 0 Å². The third-order valence-corrected chi connectivity index (χ3v) is 9.18. The molecule has 7 aromatic carbocycles. The maximum absolute atomic E-state index is 4.51. The van der Waals surface area contributed by atoms with Crippen molar-refractivity contribution in [3.63, 3.8) is 0 Å². The summed E-state index contributed by atoms with van der Waals surface area (Å²) in [6, 6.07) is 64.1. The number of para-hydroxylation sites is 2. The Morgan fingerprint density at radius 3 is 1.74 bits per heavy atom. The molecule has 0 radical (unpaired) electrons. The van der Waals surface area contributed by atoms with Crippen LogP contribution < -0.4 is 10.2 Å². The highest BCUT2D eigenvalue weighted by molar-refractivity contribution is 5.95. The Kier molecular flexibility index (Phi) is 8.49. The highest BCUT2D eigenvalue weighted by Crippen LogP contribution is 2.39. The topological polar surface area (TPSA) is 15.3 Å². The van der Waals surface area contributed by atoms with Gasteiger partial charge in [-0.1, -0.05) is 140 Å². The summed E-state index contributed by atoms with van der Waals surface area (Å²) in [5.41, 5.74) is 15.7. The largest absolute Gasteiger partial charge is 0.355 e. The summed E-state index contributed by atoms with van der Waals surface area (Å²) < 4.78 is 0. The molecule has 0 saturated heterocycles. The van der Waals surface area contributed by atoms with Gasteiger partial charge in [-0.3, -0.25) is 0 Å². The summed E-state index contributed by atoms with van der Waals surface area (Å²) in [6.45, 7) is 4.51. The van der Waals surface area contributed by atoms with Gasteiger partial charge in [-0.15, -0.1) is 0 Å². The summed E-state index contributed by atoms with van der Waals surface area (Å²) in [6.07, 6.45) is 6.55. The smallest absolute Gasteiger partial charge is 0.0533 e. The summed E-state index contributed by atoms with van der Waals surface area (Å²) in [5.74, 6) is 0. The molecule has 0 atom stereocenters. The first-order valence-corrected chi connectivity index (χ1v) is 16.9. The van der Waals surface area contributed by atoms with Gasteiger partial charge in [0.1, 0.15) is 0 Å². The summed E-state index contributed by atoms with van der Waals surface area (Å²) in [7, 11) is 0. The van der Waals surface area contributed by atoms with Crippen LogP contribution >= 0.6 is 0 Å². The lowest BCUT2D eigenvalue weighted by atomic mass is 9.93. The van der Waals surface area contributed by atoms with Gasteiger partial charge in [0.15, 0.2) is 0 Å². The maximum atomic E-state index is 4.51. The molecule has 0 fully saturated rings. The number of hydrogen-bond donors (Lipinski definition) is 1. The third kappa shape index (κ3) is 6.43. The number of allylic oxidation sites excluding steroid dienone is 4. The van der Waals surface area contributed by atoms with Crippen molar-refractivity contribution in [1.29, 1.82) is 0 Å². The van der Waals surface area contributed by atoms with E-state index in [1.807, 2.05) is 6.07 Å². The number of hydrogen-bond acceptors (Lipinski definition) is 2. The summed E-state index contributed by atoms with van der Waals surface area (Å²) in [4.78, 5) is 2.24. The van der Waals surface area contributed by atoms with Gasteiger partial charge in [-0.2, -0.15) is 0 Å². The lowest BCUT2D eigenvalue weighted by Crippen LogP contribution is -2.11. The van der Waals surface area contributed by atoms with E-state index in [1.54, 1.807) is 0 Å². The van der Waals surface area contributed by atoms with E-state index in [0.29, 0.717) is 0 Å². The molecule has 2 nitrogen and oxygen atoms in total. The molecule has 8 rings (SSSR count). The number of anilines is 4. The summed E-state index contributed by atoms with van der Waals surface area (Å²) in [5, 5.41) is 3.73. The molecular weight excluding hydrogens is 605 g/mol. The first-order valence-electron chi connectivity index (χ1n) is 16.9. The molecule has 1 heterocycles. The minimum absolute atomic E-state index is 0.971. The van der Waals surface area contributed by atoms with Crippen molar-refractivity contribution in [2.45, 2.75) is 0 Å². The molecule has 50 heavy (non-hydrogen) atoms. The molecule has 0 saturated carbocycles. The predicted molar refractivity (Wildman–Crippen MR) is 214 cm³/mol. The standard InChI is InChI=1S/C48H36N2/c1-35-32-42(30-31-50(44-20-9-4-10-21-44)48-23-12-11-22-45(35)48)41-26-29-47(46(34-41)38-16-7-3-8-17-38)49-43-27-24-37(25-28-43)40-19-13-18-39(33-40)36-14-5-2-6-15-36/h2-34,49H,1H2/b31-30-,42-32+. The first kappa shape index (κ1) is 30.7. The van der Waals surface area contributed by atoms with E-state index in [2.05, 4.69) is 211 Å². The van der Waals surface area contributed by atoms with Gasteiger partial charge in [0, 0.05) is 34.4 Å². The molecule has 0 amide bonds. The van der Waals surface area contributed by atoms with Gasteiger partial charge in [-0.05, 0) is 105 Å². The molecule has 0 aromatic heterocycles. The van der Waals surface area contributed by atoms with Crippen LogP contribution in [0.1, 0.15) is 11.1 Å². The molecule has 0 unspecified atom stereocenters. The molecule has 2 heteroatoms. The molecule has 238 valence electrons. The molecule has 0 bridgehead atoms. The Bertz CT molecular complexity index is 2330. The van der Waals surface area contributed by atoms with Gasteiger partial charge >= 0.3 is 0 Å². The zero-order valence-corrected chi connectivity index (χ0v) is 27.7. The van der Waals surface area contributed by atoms with Crippen molar-refractivity contribution in [2.75, 3.05) is 10.2 Å². The Morgan fingerprint density at radius 2 is 1.02 bits per heavy atom. The van der Waals surface area contributed by atoms with Crippen LogP contribution in [0, 0.1) is 0 Å². The van der Waals surface area contributed by atoms with Crippen molar-refractivity contribution in [3.8, 4) is 33.4 Å². The second-order valence-electron chi connectivity index (χ2n) is 12.4. The zero-order chi connectivity index (χ0) is 33.7. The van der Waals surface area contributed by atoms with Gasteiger partial charge in [-0.25, -0.2) is 0 Å². The molecule has 1 N–H and O–H groups in total. The van der Waals surface area contributed by atoms with Crippen LogP contribution in [0.25, 0.3) is 44.5 Å². The Labute approximate surface area is 294 Å². The number of benzene rings is 7. The SMILES string of the molecule is C=C1/C=C(c2ccc(Nc3ccc(-c4cccc(-c5ccccc5)c4)cc3)c(-c3ccccc3)c2)\C=C/N(c2ccccc2)c2ccccc21. The second kappa shape index (κ2) is 13.8. The average Bonchev–Trinajstić information content (AvgIpc) is 3.18. The molecule has 1 aliphatic heterocycles. The monoisotopic (exact) mass is 640 g/mol. The zero-order valence-electron chi connectivity index (χ0n) is 27.7. The van der Waals surface area contributed by atoms with Crippen molar-refractivity contribution >= 4 is 33.9 Å². The first-order chi connectivity index (χ1) is 24.7. The minimum atomic E-state index is 0.971. The Hall–Kier alpha value is -6.64. The highest BCUT2D eigenvalue weighted by atomic mass is 15.1. The Morgan fingerprint density at radius 1 is 0.440 bits per heavy atom. The van der Waals surface area contributed by atoms with Crippen LogP contribution in [0.4, 0.5) is 22.7 Å². The van der Waals surface area contributed by atoms with E-state index in [0.717, 1.165) is 56.1 Å². The quantitative estimate of drug-likeness (QED) is 0.186. The number of fused-ring (bicyclic) bond motifs is 1. The van der Waals surface area contributed by atoms with Crippen molar-refractivity contribution < 1.29 is 0 Å². The van der Waals surface area contributed by atoms with Crippen LogP contribution in [0.2, 0.25) is 0 Å². The number of nitrogens with one attached hydrogen (secondary N) is 1. The van der Waals surface area contributed by atoms with Crippen LogP contribution in [0.3, 0.4) is 0 Å². The van der Waals surface area contributed by atoms with Crippen LogP contribution in [-0.2, 0) is 0 Å². The van der Waals surface area contributed by atoms with E-state index in [1.165, 1.54) is 22.3 Å². The van der Waals surface area contributed by atoms with Crippen molar-refractivity contribution in [3.05, 3.63) is 218 Å². The maximum Gasteiger partial charge on any atom is 0.0533 e. The predicted octanol–water partition coefficient (Wildman–Crippen LogP) is 13.2. The van der Waals surface area contributed by atoms with Crippen LogP contribution in [0.15, 0.2) is 207 Å². The Balaban J connectivity index is 1.13. The van der Waals surface area contributed by atoms with E-state index >= 15 is 0 Å². The van der Waals surface area contributed by atoms with E-state index < -0.39 is 0 Å². The fourth-order valence-electron chi connectivity index (χ4n) is 6.60. The molecular formula is C48H36N2. The lowest BCUT2D eigenvalue weighted by Gasteiger charge is -2.26. The molecule has 0 aliphatic carbocycles. The van der Waals surface area contributed by atoms with Gasteiger partial charge in [0.25, 0.3) is 0 Å². The normalized spacial score (nSPS) is 14.1.